The number of carbonyl (C=O) groups excluding carboxylic acids is 2. The molecular formula is C19H28N4O3S. The average molecular weight is 393 g/mol. The first-order chi connectivity index (χ1) is 13.0. The molecule has 1 fully saturated rings. The van der Waals surface area contributed by atoms with E-state index in [1.165, 1.54) is 37.7 Å². The van der Waals surface area contributed by atoms with Gasteiger partial charge in [-0.1, -0.05) is 19.3 Å². The van der Waals surface area contributed by atoms with Gasteiger partial charge in [-0.15, -0.1) is 11.3 Å². The number of rotatable bonds is 7. The normalized spacial score (nSPS) is 15.2. The molecule has 7 nitrogen and oxygen atoms in total. The number of ether oxygens (including phenoxy) is 1. The Balaban J connectivity index is 1.64. The van der Waals surface area contributed by atoms with E-state index in [2.05, 4.69) is 10.00 Å². The molecule has 2 aromatic heterocycles. The monoisotopic (exact) mass is 392 g/mol. The highest BCUT2D eigenvalue weighted by atomic mass is 32.1. The van der Waals surface area contributed by atoms with Gasteiger partial charge in [0.1, 0.15) is 11.4 Å². The van der Waals surface area contributed by atoms with Crippen LogP contribution >= 0.6 is 11.3 Å². The number of aromatic nitrogens is 2. The SMILES string of the molecule is COCC(=O)N(C)CCNC(=O)c1cc2c(C)nn(C3CCCCC3)c2s1. The van der Waals surface area contributed by atoms with Crippen molar-refractivity contribution in [3.05, 3.63) is 16.6 Å². The van der Waals surface area contributed by atoms with E-state index in [-0.39, 0.29) is 18.4 Å². The molecule has 0 unspecified atom stereocenters. The minimum Gasteiger partial charge on any atom is -0.375 e. The summed E-state index contributed by atoms with van der Waals surface area (Å²) in [4.78, 5) is 27.6. The maximum Gasteiger partial charge on any atom is 0.261 e. The van der Waals surface area contributed by atoms with Crippen molar-refractivity contribution in [3.8, 4) is 0 Å². The van der Waals surface area contributed by atoms with Gasteiger partial charge in [0, 0.05) is 32.6 Å². The predicted molar refractivity (Wildman–Crippen MR) is 106 cm³/mol. The van der Waals surface area contributed by atoms with Gasteiger partial charge < -0.3 is 15.0 Å². The molecule has 0 radical (unpaired) electrons. The van der Waals surface area contributed by atoms with Crippen LogP contribution < -0.4 is 5.32 Å². The molecule has 2 heterocycles. The lowest BCUT2D eigenvalue weighted by molar-refractivity contribution is -0.133. The Hall–Kier alpha value is -1.93. The van der Waals surface area contributed by atoms with E-state index in [0.717, 1.165) is 28.8 Å². The third kappa shape index (κ3) is 4.50. The van der Waals surface area contributed by atoms with Gasteiger partial charge in [0.05, 0.1) is 16.6 Å². The molecule has 1 aliphatic carbocycles. The molecule has 0 aliphatic heterocycles. The fraction of sp³-hybridized carbons (Fsp3) is 0.632. The molecule has 0 saturated heterocycles. The molecule has 148 valence electrons. The minimum atomic E-state index is -0.100. The third-order valence-corrected chi connectivity index (χ3v) is 6.26. The number of carbonyl (C=O) groups is 2. The third-order valence-electron chi connectivity index (χ3n) is 5.14. The summed E-state index contributed by atoms with van der Waals surface area (Å²) in [5, 5.41) is 8.71. The van der Waals surface area contributed by atoms with E-state index >= 15 is 0 Å². The molecular weight excluding hydrogens is 364 g/mol. The summed E-state index contributed by atoms with van der Waals surface area (Å²) in [5.74, 6) is -0.199. The highest BCUT2D eigenvalue weighted by molar-refractivity contribution is 7.20. The molecule has 1 saturated carbocycles. The lowest BCUT2D eigenvalue weighted by Crippen LogP contribution is -2.37. The van der Waals surface area contributed by atoms with Crippen LogP contribution in [-0.4, -0.2) is 60.3 Å². The largest absolute Gasteiger partial charge is 0.375 e. The van der Waals surface area contributed by atoms with E-state index in [4.69, 9.17) is 9.84 Å². The smallest absolute Gasteiger partial charge is 0.261 e. The van der Waals surface area contributed by atoms with Crippen LogP contribution in [0.2, 0.25) is 0 Å². The number of nitrogens with one attached hydrogen (secondary N) is 1. The fourth-order valence-electron chi connectivity index (χ4n) is 3.54. The number of aryl methyl sites for hydroxylation is 1. The topological polar surface area (TPSA) is 76.5 Å². The molecule has 2 aromatic rings. The number of hydrogen-bond acceptors (Lipinski definition) is 5. The minimum absolute atomic E-state index is 0.0533. The first kappa shape index (κ1) is 19.8. The highest BCUT2D eigenvalue weighted by Gasteiger charge is 2.22. The Morgan fingerprint density at radius 3 is 2.81 bits per heavy atom. The lowest BCUT2D eigenvalue weighted by atomic mass is 9.96. The molecule has 8 heteroatoms. The van der Waals surface area contributed by atoms with Crippen molar-refractivity contribution in [2.45, 2.75) is 45.1 Å². The van der Waals surface area contributed by atoms with Crippen LogP contribution in [0.4, 0.5) is 0 Å². The lowest BCUT2D eigenvalue weighted by Gasteiger charge is -2.22. The molecule has 3 rings (SSSR count). The summed E-state index contributed by atoms with van der Waals surface area (Å²) in [6.07, 6.45) is 6.13. The average Bonchev–Trinajstić information content (AvgIpc) is 3.23. The van der Waals surface area contributed by atoms with Crippen LogP contribution in [0.25, 0.3) is 10.2 Å². The van der Waals surface area contributed by atoms with Gasteiger partial charge in [-0.3, -0.25) is 14.3 Å². The highest BCUT2D eigenvalue weighted by Crippen LogP contribution is 2.35. The van der Waals surface area contributed by atoms with Gasteiger partial charge in [0.2, 0.25) is 5.91 Å². The zero-order valence-corrected chi connectivity index (χ0v) is 17.1. The molecule has 27 heavy (non-hydrogen) atoms. The van der Waals surface area contributed by atoms with E-state index in [1.807, 2.05) is 13.0 Å². The van der Waals surface area contributed by atoms with Gasteiger partial charge in [-0.05, 0) is 25.8 Å². The van der Waals surface area contributed by atoms with E-state index in [0.29, 0.717) is 24.0 Å². The van der Waals surface area contributed by atoms with Crippen LogP contribution in [0, 0.1) is 6.92 Å². The maximum atomic E-state index is 12.5. The quantitative estimate of drug-likeness (QED) is 0.786. The van der Waals surface area contributed by atoms with Crippen LogP contribution in [-0.2, 0) is 9.53 Å². The first-order valence-corrected chi connectivity index (χ1v) is 10.3. The standard InChI is InChI=1S/C19H28N4O3S/c1-13-15-11-16(18(25)20-9-10-22(2)17(24)12-26-3)27-19(15)23(21-13)14-7-5-4-6-8-14/h11,14H,4-10,12H2,1-3H3,(H,20,25). The molecule has 1 aliphatic rings. The van der Waals surface area contributed by atoms with Crippen molar-refractivity contribution in [1.29, 1.82) is 0 Å². The number of hydrogen-bond donors (Lipinski definition) is 1. The number of fused-ring (bicyclic) bond motifs is 1. The zero-order valence-electron chi connectivity index (χ0n) is 16.3. The second-order valence-electron chi connectivity index (χ2n) is 7.16. The zero-order chi connectivity index (χ0) is 19.4. The summed E-state index contributed by atoms with van der Waals surface area (Å²) in [7, 11) is 3.19. The molecule has 0 atom stereocenters. The van der Waals surface area contributed by atoms with E-state index in [1.54, 1.807) is 11.9 Å². The summed E-state index contributed by atoms with van der Waals surface area (Å²) in [6, 6.07) is 2.39. The number of thiophene rings is 1. The van der Waals surface area contributed by atoms with Crippen LogP contribution in [0.15, 0.2) is 6.07 Å². The number of amides is 2. The van der Waals surface area contributed by atoms with Crippen molar-refractivity contribution >= 4 is 33.4 Å². The molecule has 0 bridgehead atoms. The molecule has 2 amide bonds. The van der Waals surface area contributed by atoms with Crippen LogP contribution in [0.5, 0.6) is 0 Å². The van der Waals surface area contributed by atoms with Crippen molar-refractivity contribution in [2.24, 2.45) is 0 Å². The maximum absolute atomic E-state index is 12.5. The van der Waals surface area contributed by atoms with Crippen molar-refractivity contribution < 1.29 is 14.3 Å². The first-order valence-electron chi connectivity index (χ1n) is 9.51. The Bertz CT molecular complexity index is 807. The summed E-state index contributed by atoms with van der Waals surface area (Å²) in [5.41, 5.74) is 0.982. The Morgan fingerprint density at radius 2 is 2.11 bits per heavy atom. The predicted octanol–water partition coefficient (Wildman–Crippen LogP) is 2.75. The molecule has 1 N–H and O–H groups in total. The van der Waals surface area contributed by atoms with E-state index < -0.39 is 0 Å². The summed E-state index contributed by atoms with van der Waals surface area (Å²) < 4.78 is 6.97. The van der Waals surface area contributed by atoms with Gasteiger partial charge in [-0.2, -0.15) is 5.10 Å². The van der Waals surface area contributed by atoms with Crippen molar-refractivity contribution in [3.63, 3.8) is 0 Å². The van der Waals surface area contributed by atoms with Gasteiger partial charge in [-0.25, -0.2) is 0 Å². The number of methoxy groups -OCH3 is 1. The summed E-state index contributed by atoms with van der Waals surface area (Å²) in [6.45, 7) is 2.92. The second kappa shape index (κ2) is 8.84. The van der Waals surface area contributed by atoms with Crippen LogP contribution in [0.3, 0.4) is 0 Å². The van der Waals surface area contributed by atoms with Gasteiger partial charge >= 0.3 is 0 Å². The fourth-order valence-corrected chi connectivity index (χ4v) is 4.69. The number of likely N-dealkylation sites (N-methyl/N-ethyl adjacent to an activating group) is 1. The Kier molecular flexibility index (Phi) is 6.49. The molecule has 0 aromatic carbocycles. The van der Waals surface area contributed by atoms with E-state index in [9.17, 15) is 9.59 Å². The molecule has 0 spiro atoms. The second-order valence-corrected chi connectivity index (χ2v) is 8.19. The van der Waals surface area contributed by atoms with Crippen molar-refractivity contribution in [2.75, 3.05) is 33.9 Å². The summed E-state index contributed by atoms with van der Waals surface area (Å²) >= 11 is 1.51. The van der Waals surface area contributed by atoms with Gasteiger partial charge in [0.25, 0.3) is 5.91 Å². The van der Waals surface area contributed by atoms with Crippen LogP contribution in [0.1, 0.15) is 53.5 Å². The Labute approximate surface area is 163 Å². The van der Waals surface area contributed by atoms with Gasteiger partial charge in [0.15, 0.2) is 0 Å². The number of nitrogens with zero attached hydrogens (tertiary/aromatic N) is 3. The Morgan fingerprint density at radius 1 is 1.37 bits per heavy atom. The van der Waals surface area contributed by atoms with Crippen molar-refractivity contribution in [1.82, 2.24) is 20.0 Å².